The standard InChI is InChI=1S/C17H24N2OS/c1-2-13-8-10-19(11-9-13)17(20)15(16(18)21)12-14-6-4-3-5-7-14/h3-7,13,15H,2,8-12H2,1H3,(H2,18,21). The minimum atomic E-state index is -0.374. The summed E-state index contributed by atoms with van der Waals surface area (Å²) >= 11 is 5.14. The average molecular weight is 304 g/mol. The fourth-order valence-corrected chi connectivity index (χ4v) is 3.13. The predicted molar refractivity (Wildman–Crippen MR) is 90.0 cm³/mol. The van der Waals surface area contributed by atoms with Gasteiger partial charge in [0.15, 0.2) is 0 Å². The second-order valence-electron chi connectivity index (χ2n) is 5.82. The molecule has 2 N–H and O–H groups in total. The van der Waals surface area contributed by atoms with Gasteiger partial charge in [-0.15, -0.1) is 0 Å². The molecule has 1 saturated heterocycles. The van der Waals surface area contributed by atoms with Crippen LogP contribution in [0.4, 0.5) is 0 Å². The molecule has 0 aliphatic carbocycles. The molecule has 1 atom stereocenters. The van der Waals surface area contributed by atoms with Crippen molar-refractivity contribution in [3.63, 3.8) is 0 Å². The summed E-state index contributed by atoms with van der Waals surface area (Å²) in [5, 5.41) is 0. The number of piperidine rings is 1. The van der Waals surface area contributed by atoms with E-state index in [1.807, 2.05) is 35.2 Å². The number of carbonyl (C=O) groups excluding carboxylic acids is 1. The van der Waals surface area contributed by atoms with Gasteiger partial charge in [-0.25, -0.2) is 0 Å². The van der Waals surface area contributed by atoms with E-state index < -0.39 is 0 Å². The number of amides is 1. The van der Waals surface area contributed by atoms with Gasteiger partial charge >= 0.3 is 0 Å². The molecule has 1 heterocycles. The van der Waals surface area contributed by atoms with Crippen molar-refractivity contribution < 1.29 is 4.79 Å². The average Bonchev–Trinajstić information content (AvgIpc) is 2.53. The first-order valence-corrected chi connectivity index (χ1v) is 8.14. The zero-order valence-electron chi connectivity index (χ0n) is 12.6. The number of nitrogens with two attached hydrogens (primary N) is 1. The Kier molecular flexibility index (Phi) is 5.74. The number of rotatable bonds is 5. The Morgan fingerprint density at radius 1 is 1.33 bits per heavy atom. The molecule has 3 nitrogen and oxygen atoms in total. The maximum Gasteiger partial charge on any atom is 0.232 e. The Morgan fingerprint density at radius 2 is 1.95 bits per heavy atom. The van der Waals surface area contributed by atoms with Gasteiger partial charge in [-0.3, -0.25) is 4.79 Å². The van der Waals surface area contributed by atoms with Gasteiger partial charge in [-0.05, 0) is 30.7 Å². The van der Waals surface area contributed by atoms with E-state index in [1.165, 1.54) is 6.42 Å². The SMILES string of the molecule is CCC1CCN(C(=O)C(Cc2ccccc2)C(N)=S)CC1. The molecule has 1 aliphatic heterocycles. The van der Waals surface area contributed by atoms with Crippen molar-refractivity contribution in [3.8, 4) is 0 Å². The molecule has 0 spiro atoms. The highest BCUT2D eigenvalue weighted by Gasteiger charge is 2.29. The highest BCUT2D eigenvalue weighted by Crippen LogP contribution is 2.22. The van der Waals surface area contributed by atoms with Gasteiger partial charge in [-0.2, -0.15) is 0 Å². The van der Waals surface area contributed by atoms with Gasteiger partial charge in [0.2, 0.25) is 5.91 Å². The molecule has 0 bridgehead atoms. The van der Waals surface area contributed by atoms with E-state index in [1.54, 1.807) is 0 Å². The number of thiocarbonyl (C=S) groups is 1. The summed E-state index contributed by atoms with van der Waals surface area (Å²) in [6.07, 6.45) is 3.99. The molecule has 21 heavy (non-hydrogen) atoms. The number of nitrogens with zero attached hydrogens (tertiary/aromatic N) is 1. The van der Waals surface area contributed by atoms with Gasteiger partial charge in [-0.1, -0.05) is 55.9 Å². The number of hydrogen-bond donors (Lipinski definition) is 1. The lowest BCUT2D eigenvalue weighted by atomic mass is 9.92. The van der Waals surface area contributed by atoms with Crippen molar-refractivity contribution >= 4 is 23.1 Å². The Bertz CT molecular complexity index is 481. The van der Waals surface area contributed by atoms with E-state index in [0.29, 0.717) is 11.4 Å². The van der Waals surface area contributed by atoms with Crippen LogP contribution in [0.1, 0.15) is 31.7 Å². The minimum Gasteiger partial charge on any atom is -0.393 e. The van der Waals surface area contributed by atoms with Crippen LogP contribution in [0, 0.1) is 11.8 Å². The van der Waals surface area contributed by atoms with E-state index >= 15 is 0 Å². The monoisotopic (exact) mass is 304 g/mol. The first kappa shape index (κ1) is 16.0. The minimum absolute atomic E-state index is 0.0981. The molecule has 1 aliphatic rings. The van der Waals surface area contributed by atoms with E-state index in [0.717, 1.165) is 37.4 Å². The third kappa shape index (κ3) is 4.27. The number of carbonyl (C=O) groups is 1. The Balaban J connectivity index is 2.01. The highest BCUT2D eigenvalue weighted by atomic mass is 32.1. The van der Waals surface area contributed by atoms with Crippen LogP contribution in [-0.4, -0.2) is 28.9 Å². The second-order valence-corrected chi connectivity index (χ2v) is 6.29. The molecule has 1 fully saturated rings. The van der Waals surface area contributed by atoms with Gasteiger partial charge in [0.25, 0.3) is 0 Å². The van der Waals surface area contributed by atoms with Crippen LogP contribution in [-0.2, 0) is 11.2 Å². The fraction of sp³-hybridized carbons (Fsp3) is 0.529. The van der Waals surface area contributed by atoms with Gasteiger partial charge < -0.3 is 10.6 Å². The molecule has 0 saturated carbocycles. The van der Waals surface area contributed by atoms with Crippen LogP contribution in [0.2, 0.25) is 0 Å². The number of hydrogen-bond acceptors (Lipinski definition) is 2. The van der Waals surface area contributed by atoms with Crippen molar-refractivity contribution in [3.05, 3.63) is 35.9 Å². The van der Waals surface area contributed by atoms with Crippen molar-refractivity contribution in [1.82, 2.24) is 4.90 Å². The van der Waals surface area contributed by atoms with Gasteiger partial charge in [0.05, 0.1) is 10.9 Å². The van der Waals surface area contributed by atoms with Crippen LogP contribution >= 0.6 is 12.2 Å². The molecule has 1 aromatic rings. The molecule has 114 valence electrons. The highest BCUT2D eigenvalue weighted by molar-refractivity contribution is 7.80. The van der Waals surface area contributed by atoms with Crippen LogP contribution in [0.5, 0.6) is 0 Å². The quantitative estimate of drug-likeness (QED) is 0.851. The summed E-state index contributed by atoms with van der Waals surface area (Å²) in [6.45, 7) is 3.89. The molecular weight excluding hydrogens is 280 g/mol. The predicted octanol–water partition coefficient (Wildman–Crippen LogP) is 2.78. The summed E-state index contributed by atoms with van der Waals surface area (Å²) in [4.78, 5) is 14.9. The molecule has 4 heteroatoms. The van der Waals surface area contributed by atoms with Crippen LogP contribution in [0.25, 0.3) is 0 Å². The molecule has 1 unspecified atom stereocenters. The fourth-order valence-electron chi connectivity index (χ4n) is 2.94. The van der Waals surface area contributed by atoms with Crippen LogP contribution in [0.15, 0.2) is 30.3 Å². The number of likely N-dealkylation sites (tertiary alicyclic amines) is 1. The maximum atomic E-state index is 12.7. The topological polar surface area (TPSA) is 46.3 Å². The smallest absolute Gasteiger partial charge is 0.232 e. The van der Waals surface area contributed by atoms with Crippen LogP contribution in [0.3, 0.4) is 0 Å². The van der Waals surface area contributed by atoms with Crippen LogP contribution < -0.4 is 5.73 Å². The van der Waals surface area contributed by atoms with Crippen molar-refractivity contribution in [1.29, 1.82) is 0 Å². The van der Waals surface area contributed by atoms with Crippen molar-refractivity contribution in [2.75, 3.05) is 13.1 Å². The first-order valence-electron chi connectivity index (χ1n) is 7.73. The van der Waals surface area contributed by atoms with Crippen molar-refractivity contribution in [2.45, 2.75) is 32.6 Å². The summed E-state index contributed by atoms with van der Waals surface area (Å²) in [6, 6.07) is 9.95. The van der Waals surface area contributed by atoms with E-state index in [-0.39, 0.29) is 11.8 Å². The maximum absolute atomic E-state index is 12.7. The van der Waals surface area contributed by atoms with Gasteiger partial charge in [0.1, 0.15) is 0 Å². The summed E-state index contributed by atoms with van der Waals surface area (Å²) in [5.41, 5.74) is 6.93. The molecule has 2 rings (SSSR count). The first-order chi connectivity index (χ1) is 10.1. The zero-order chi connectivity index (χ0) is 15.2. The molecule has 0 radical (unpaired) electrons. The second kappa shape index (κ2) is 7.55. The molecule has 1 amide bonds. The molecular formula is C17H24N2OS. The Morgan fingerprint density at radius 3 is 2.48 bits per heavy atom. The summed E-state index contributed by atoms with van der Waals surface area (Å²) < 4.78 is 0. The van der Waals surface area contributed by atoms with Gasteiger partial charge in [0, 0.05) is 13.1 Å². The third-order valence-electron chi connectivity index (χ3n) is 4.43. The Labute approximate surface area is 132 Å². The van der Waals surface area contributed by atoms with Crippen molar-refractivity contribution in [2.24, 2.45) is 17.6 Å². The molecule has 1 aromatic carbocycles. The molecule has 0 aromatic heterocycles. The van der Waals surface area contributed by atoms with E-state index in [9.17, 15) is 4.79 Å². The lowest BCUT2D eigenvalue weighted by Crippen LogP contribution is -2.45. The summed E-state index contributed by atoms with van der Waals surface area (Å²) in [7, 11) is 0. The van der Waals surface area contributed by atoms with E-state index in [4.69, 9.17) is 18.0 Å². The lowest BCUT2D eigenvalue weighted by Gasteiger charge is -2.33. The lowest BCUT2D eigenvalue weighted by molar-refractivity contribution is -0.134. The summed E-state index contributed by atoms with van der Waals surface area (Å²) in [5.74, 6) is 0.480. The third-order valence-corrected chi connectivity index (χ3v) is 4.71. The number of benzene rings is 1. The largest absolute Gasteiger partial charge is 0.393 e. The van der Waals surface area contributed by atoms with E-state index in [2.05, 4.69) is 6.92 Å². The normalized spacial score (nSPS) is 17.5. The Hall–Kier alpha value is -1.42. The zero-order valence-corrected chi connectivity index (χ0v) is 13.4.